The standard InChI is InChI=1S/C15H19NO2S/c1-11(6-4-5-9-17)16-15(18)13-10-19-14-8-3-2-7-12(13)14/h2-3,7-8,10-11,17H,4-6,9H2,1H3,(H,16,18). The van der Waals surface area contributed by atoms with Gasteiger partial charge in [0.1, 0.15) is 0 Å². The van der Waals surface area contributed by atoms with Crippen molar-refractivity contribution in [2.75, 3.05) is 6.61 Å². The Kier molecular flexibility index (Phi) is 4.93. The average Bonchev–Trinajstić information content (AvgIpc) is 2.83. The molecule has 1 atom stereocenters. The number of thiophene rings is 1. The summed E-state index contributed by atoms with van der Waals surface area (Å²) >= 11 is 1.60. The first kappa shape index (κ1) is 14.0. The predicted molar refractivity (Wildman–Crippen MR) is 79.7 cm³/mol. The van der Waals surface area contributed by atoms with E-state index < -0.39 is 0 Å². The lowest BCUT2D eigenvalue weighted by molar-refractivity contribution is 0.0940. The Morgan fingerprint density at radius 3 is 2.95 bits per heavy atom. The van der Waals surface area contributed by atoms with Crippen molar-refractivity contribution < 1.29 is 9.90 Å². The van der Waals surface area contributed by atoms with Crippen LogP contribution in [0.25, 0.3) is 10.1 Å². The minimum Gasteiger partial charge on any atom is -0.396 e. The van der Waals surface area contributed by atoms with Crippen LogP contribution >= 0.6 is 11.3 Å². The van der Waals surface area contributed by atoms with Gasteiger partial charge in [0.2, 0.25) is 0 Å². The summed E-state index contributed by atoms with van der Waals surface area (Å²) in [6, 6.07) is 8.09. The second kappa shape index (κ2) is 6.68. The Hall–Kier alpha value is -1.39. The van der Waals surface area contributed by atoms with Crippen molar-refractivity contribution in [1.29, 1.82) is 0 Å². The van der Waals surface area contributed by atoms with E-state index in [-0.39, 0.29) is 18.6 Å². The van der Waals surface area contributed by atoms with E-state index in [0.717, 1.165) is 34.9 Å². The van der Waals surface area contributed by atoms with E-state index >= 15 is 0 Å². The van der Waals surface area contributed by atoms with E-state index in [4.69, 9.17) is 5.11 Å². The normalized spacial score (nSPS) is 12.5. The summed E-state index contributed by atoms with van der Waals surface area (Å²) in [6.45, 7) is 2.22. The van der Waals surface area contributed by atoms with Gasteiger partial charge in [-0.05, 0) is 32.3 Å². The van der Waals surface area contributed by atoms with Crippen LogP contribution in [-0.2, 0) is 0 Å². The van der Waals surface area contributed by atoms with E-state index in [1.54, 1.807) is 11.3 Å². The zero-order valence-corrected chi connectivity index (χ0v) is 11.9. The molecule has 1 heterocycles. The number of nitrogens with one attached hydrogen (secondary N) is 1. The first-order chi connectivity index (χ1) is 9.22. The zero-order valence-electron chi connectivity index (χ0n) is 11.1. The number of hydrogen-bond donors (Lipinski definition) is 2. The molecule has 19 heavy (non-hydrogen) atoms. The first-order valence-corrected chi connectivity index (χ1v) is 7.48. The summed E-state index contributed by atoms with van der Waals surface area (Å²) in [5, 5.41) is 14.7. The van der Waals surface area contributed by atoms with Gasteiger partial charge in [0.15, 0.2) is 0 Å². The summed E-state index contributed by atoms with van der Waals surface area (Å²) in [6.07, 6.45) is 2.62. The maximum absolute atomic E-state index is 12.2. The van der Waals surface area contributed by atoms with E-state index in [2.05, 4.69) is 5.32 Å². The lowest BCUT2D eigenvalue weighted by atomic mass is 10.1. The Balaban J connectivity index is 2.00. The molecule has 0 aliphatic rings. The molecule has 1 unspecified atom stereocenters. The Labute approximate surface area is 117 Å². The SMILES string of the molecule is CC(CCCCO)NC(=O)c1csc2ccccc12. The largest absolute Gasteiger partial charge is 0.396 e. The number of unbranched alkanes of at least 4 members (excludes halogenated alkanes) is 1. The number of amides is 1. The minimum absolute atomic E-state index is 0.00560. The molecule has 0 aliphatic carbocycles. The van der Waals surface area contributed by atoms with Crippen LogP contribution in [-0.4, -0.2) is 23.7 Å². The first-order valence-electron chi connectivity index (χ1n) is 6.60. The average molecular weight is 277 g/mol. The highest BCUT2D eigenvalue weighted by Gasteiger charge is 2.13. The Bertz CT molecular complexity index is 550. The van der Waals surface area contributed by atoms with Gasteiger partial charge in [-0.3, -0.25) is 4.79 Å². The molecule has 3 nitrogen and oxygen atoms in total. The molecular formula is C15H19NO2S. The molecule has 2 rings (SSSR count). The second-order valence-electron chi connectivity index (χ2n) is 4.74. The summed E-state index contributed by atoms with van der Waals surface area (Å²) < 4.78 is 1.14. The zero-order chi connectivity index (χ0) is 13.7. The van der Waals surface area contributed by atoms with Gasteiger partial charge in [-0.25, -0.2) is 0 Å². The Morgan fingerprint density at radius 2 is 2.16 bits per heavy atom. The molecule has 0 saturated carbocycles. The number of aliphatic hydroxyl groups is 1. The van der Waals surface area contributed by atoms with Gasteiger partial charge >= 0.3 is 0 Å². The lowest BCUT2D eigenvalue weighted by Gasteiger charge is -2.13. The van der Waals surface area contributed by atoms with Gasteiger partial charge in [-0.2, -0.15) is 0 Å². The number of rotatable bonds is 6. The molecule has 0 aliphatic heterocycles. The fraction of sp³-hybridized carbons (Fsp3) is 0.400. The summed E-state index contributed by atoms with van der Waals surface area (Å²) in [4.78, 5) is 12.2. The van der Waals surface area contributed by atoms with Gasteiger partial charge in [0, 0.05) is 28.1 Å². The molecule has 0 fully saturated rings. The highest BCUT2D eigenvalue weighted by atomic mass is 32.1. The van der Waals surface area contributed by atoms with Crippen molar-refractivity contribution in [3.8, 4) is 0 Å². The second-order valence-corrected chi connectivity index (χ2v) is 5.65. The molecule has 2 aromatic rings. The van der Waals surface area contributed by atoms with Crippen LogP contribution in [0, 0.1) is 0 Å². The predicted octanol–water partition coefficient (Wildman–Crippen LogP) is 3.18. The van der Waals surface area contributed by atoms with Crippen molar-refractivity contribution in [1.82, 2.24) is 5.32 Å². The summed E-state index contributed by atoms with van der Waals surface area (Å²) in [5.41, 5.74) is 0.759. The number of carbonyl (C=O) groups excluding carboxylic acids is 1. The topological polar surface area (TPSA) is 49.3 Å². The van der Waals surface area contributed by atoms with E-state index in [1.807, 2.05) is 36.6 Å². The number of fused-ring (bicyclic) bond motifs is 1. The fourth-order valence-corrected chi connectivity index (χ4v) is 3.03. The molecule has 0 saturated heterocycles. The molecule has 2 N–H and O–H groups in total. The van der Waals surface area contributed by atoms with Crippen molar-refractivity contribution in [2.45, 2.75) is 32.2 Å². The summed E-state index contributed by atoms with van der Waals surface area (Å²) in [5.74, 6) is -0.00560. The van der Waals surface area contributed by atoms with Crippen LogP contribution < -0.4 is 5.32 Å². The number of benzene rings is 1. The van der Waals surface area contributed by atoms with E-state index in [9.17, 15) is 4.79 Å². The van der Waals surface area contributed by atoms with Crippen molar-refractivity contribution in [3.63, 3.8) is 0 Å². The molecule has 1 aromatic heterocycles. The molecule has 0 spiro atoms. The third-order valence-electron chi connectivity index (χ3n) is 3.15. The molecule has 1 aromatic carbocycles. The molecule has 0 radical (unpaired) electrons. The Morgan fingerprint density at radius 1 is 1.37 bits per heavy atom. The summed E-state index contributed by atoms with van der Waals surface area (Å²) in [7, 11) is 0. The van der Waals surface area contributed by atoms with Crippen LogP contribution in [0.4, 0.5) is 0 Å². The molecule has 0 bridgehead atoms. The maximum Gasteiger partial charge on any atom is 0.252 e. The van der Waals surface area contributed by atoms with Gasteiger partial charge in [0.05, 0.1) is 5.56 Å². The van der Waals surface area contributed by atoms with Crippen LogP contribution in [0.3, 0.4) is 0 Å². The van der Waals surface area contributed by atoms with Crippen molar-refractivity contribution in [3.05, 3.63) is 35.2 Å². The van der Waals surface area contributed by atoms with E-state index in [0.29, 0.717) is 0 Å². The lowest BCUT2D eigenvalue weighted by Crippen LogP contribution is -2.32. The third kappa shape index (κ3) is 3.55. The van der Waals surface area contributed by atoms with Crippen LogP contribution in [0.1, 0.15) is 36.5 Å². The van der Waals surface area contributed by atoms with Crippen LogP contribution in [0.2, 0.25) is 0 Å². The minimum atomic E-state index is -0.00560. The molecule has 4 heteroatoms. The highest BCUT2D eigenvalue weighted by molar-refractivity contribution is 7.17. The molecular weight excluding hydrogens is 258 g/mol. The van der Waals surface area contributed by atoms with Crippen LogP contribution in [0.15, 0.2) is 29.6 Å². The third-order valence-corrected chi connectivity index (χ3v) is 4.11. The highest BCUT2D eigenvalue weighted by Crippen LogP contribution is 2.25. The van der Waals surface area contributed by atoms with E-state index in [1.165, 1.54) is 0 Å². The van der Waals surface area contributed by atoms with Gasteiger partial charge in [-0.15, -0.1) is 11.3 Å². The fourth-order valence-electron chi connectivity index (χ4n) is 2.09. The number of carbonyl (C=O) groups is 1. The number of hydrogen-bond acceptors (Lipinski definition) is 3. The van der Waals surface area contributed by atoms with Crippen molar-refractivity contribution >= 4 is 27.3 Å². The quantitative estimate of drug-likeness (QED) is 0.797. The van der Waals surface area contributed by atoms with Crippen LogP contribution in [0.5, 0.6) is 0 Å². The van der Waals surface area contributed by atoms with Gasteiger partial charge in [0.25, 0.3) is 5.91 Å². The van der Waals surface area contributed by atoms with Gasteiger partial charge in [-0.1, -0.05) is 18.2 Å². The monoisotopic (exact) mass is 277 g/mol. The van der Waals surface area contributed by atoms with Crippen molar-refractivity contribution in [2.24, 2.45) is 0 Å². The smallest absolute Gasteiger partial charge is 0.252 e. The number of aliphatic hydroxyl groups excluding tert-OH is 1. The molecule has 1 amide bonds. The van der Waals surface area contributed by atoms with Gasteiger partial charge < -0.3 is 10.4 Å². The molecule has 102 valence electrons. The maximum atomic E-state index is 12.2.